The van der Waals surface area contributed by atoms with Crippen LogP contribution >= 0.6 is 12.2 Å². The second kappa shape index (κ2) is 8.72. The van der Waals surface area contributed by atoms with Crippen molar-refractivity contribution in [1.82, 2.24) is 15.5 Å². The molecule has 1 aromatic rings. The molecule has 0 saturated heterocycles. The maximum absolute atomic E-state index is 5.53. The molecule has 2 atom stereocenters. The van der Waals surface area contributed by atoms with Gasteiger partial charge in [-0.1, -0.05) is 6.92 Å². The molecule has 5 nitrogen and oxygen atoms in total. The molecule has 140 valence electrons. The van der Waals surface area contributed by atoms with Gasteiger partial charge in [-0.05, 0) is 69.2 Å². The highest BCUT2D eigenvalue weighted by atomic mass is 32.1. The monoisotopic (exact) mass is 365 g/mol. The zero-order chi connectivity index (χ0) is 18.6. The van der Waals surface area contributed by atoms with Crippen LogP contribution in [0.5, 0.6) is 11.5 Å². The Hall–Kier alpha value is -1.53. The molecule has 1 heterocycles. The number of benzene rings is 1. The molecule has 1 aliphatic rings. The van der Waals surface area contributed by atoms with E-state index in [1.165, 1.54) is 11.1 Å². The van der Waals surface area contributed by atoms with Crippen LogP contribution in [-0.2, 0) is 6.42 Å². The molecule has 2 N–H and O–H groups in total. The van der Waals surface area contributed by atoms with Crippen LogP contribution in [0.15, 0.2) is 12.1 Å². The van der Waals surface area contributed by atoms with Crippen molar-refractivity contribution < 1.29 is 9.47 Å². The van der Waals surface area contributed by atoms with Crippen molar-refractivity contribution in [3.63, 3.8) is 0 Å². The number of nitrogens with zero attached hydrogens (tertiary/aromatic N) is 1. The number of ether oxygens (including phenoxy) is 2. The summed E-state index contributed by atoms with van der Waals surface area (Å²) >= 11 is 5.45. The lowest BCUT2D eigenvalue weighted by atomic mass is 9.88. The number of methoxy groups -OCH3 is 2. The van der Waals surface area contributed by atoms with E-state index in [2.05, 4.69) is 55.4 Å². The Bertz CT molecular complexity index is 607. The summed E-state index contributed by atoms with van der Waals surface area (Å²) < 4.78 is 11.0. The first-order chi connectivity index (χ1) is 11.9. The molecule has 2 rings (SSSR count). The van der Waals surface area contributed by atoms with Gasteiger partial charge in [0, 0.05) is 18.6 Å². The fourth-order valence-corrected chi connectivity index (χ4v) is 3.98. The lowest BCUT2D eigenvalue weighted by molar-refractivity contribution is 0.166. The summed E-state index contributed by atoms with van der Waals surface area (Å²) in [6.45, 7) is 10.6. The van der Waals surface area contributed by atoms with Crippen LogP contribution in [0.3, 0.4) is 0 Å². The molecular weight excluding hydrogens is 334 g/mol. The first kappa shape index (κ1) is 19.8. The van der Waals surface area contributed by atoms with Crippen LogP contribution < -0.4 is 20.1 Å². The minimum absolute atomic E-state index is 0.177. The molecule has 0 radical (unpaired) electrons. The molecule has 0 amide bonds. The number of rotatable bonds is 6. The number of fused-ring (bicyclic) bond motifs is 1. The van der Waals surface area contributed by atoms with E-state index in [1.54, 1.807) is 14.2 Å². The fourth-order valence-electron chi connectivity index (χ4n) is 3.56. The van der Waals surface area contributed by atoms with Gasteiger partial charge >= 0.3 is 0 Å². The third kappa shape index (κ3) is 4.55. The van der Waals surface area contributed by atoms with Crippen molar-refractivity contribution in [2.45, 2.75) is 52.2 Å². The lowest BCUT2D eigenvalue weighted by Gasteiger charge is -2.41. The second-order valence-electron chi connectivity index (χ2n) is 6.79. The third-order valence-electron chi connectivity index (χ3n) is 4.68. The van der Waals surface area contributed by atoms with E-state index in [9.17, 15) is 0 Å². The summed E-state index contributed by atoms with van der Waals surface area (Å²) in [6.07, 6.45) is 1.02. The number of thiocarbonyl (C=S) groups is 1. The zero-order valence-electron chi connectivity index (χ0n) is 16.2. The molecule has 0 saturated carbocycles. The van der Waals surface area contributed by atoms with E-state index in [1.807, 2.05) is 0 Å². The Morgan fingerprint density at radius 1 is 1.20 bits per heavy atom. The van der Waals surface area contributed by atoms with E-state index >= 15 is 0 Å². The van der Waals surface area contributed by atoms with Crippen molar-refractivity contribution in [2.75, 3.05) is 27.3 Å². The van der Waals surface area contributed by atoms with E-state index in [-0.39, 0.29) is 12.1 Å². The average Bonchev–Trinajstić information content (AvgIpc) is 2.58. The van der Waals surface area contributed by atoms with Gasteiger partial charge in [0.05, 0.1) is 20.3 Å². The minimum Gasteiger partial charge on any atom is -0.493 e. The van der Waals surface area contributed by atoms with Crippen LogP contribution in [-0.4, -0.2) is 49.4 Å². The van der Waals surface area contributed by atoms with Crippen LogP contribution in [0.2, 0.25) is 0 Å². The third-order valence-corrected chi connectivity index (χ3v) is 4.92. The summed E-state index contributed by atoms with van der Waals surface area (Å²) in [5.41, 5.74) is 2.61. The number of likely N-dealkylation sites (N-methyl/N-ethyl adjacent to an activating group) is 1. The number of hydrogen-bond donors (Lipinski definition) is 2. The minimum atomic E-state index is 0.177. The highest BCUT2D eigenvalue weighted by Crippen LogP contribution is 2.39. The predicted octanol–water partition coefficient (Wildman–Crippen LogP) is 2.88. The van der Waals surface area contributed by atoms with Crippen LogP contribution in [0.1, 0.15) is 44.9 Å². The van der Waals surface area contributed by atoms with Gasteiger partial charge in [0.2, 0.25) is 0 Å². The maximum atomic E-state index is 5.53. The van der Waals surface area contributed by atoms with Crippen molar-refractivity contribution in [3.05, 3.63) is 23.3 Å². The van der Waals surface area contributed by atoms with E-state index in [0.717, 1.165) is 31.0 Å². The molecule has 0 aliphatic carbocycles. The topological polar surface area (TPSA) is 45.8 Å². The average molecular weight is 366 g/mol. The van der Waals surface area contributed by atoms with Crippen molar-refractivity contribution in [3.8, 4) is 11.5 Å². The van der Waals surface area contributed by atoms with Gasteiger partial charge < -0.3 is 20.1 Å². The standard InChI is InChI=1S/C19H31N3O2S/c1-7-22-9-8-14-10-16(23-5)17(24-6)11-15(14)18(22)13(4)21-19(25)20-12(2)3/h10-13,18H,7-9H2,1-6H3,(H2,20,21,25). The van der Waals surface area contributed by atoms with Gasteiger partial charge in [0.1, 0.15) is 0 Å². The SMILES string of the molecule is CCN1CCc2cc(OC)c(OC)cc2C1C(C)NC(=S)NC(C)C. The Balaban J connectivity index is 2.33. The second-order valence-corrected chi connectivity index (χ2v) is 7.20. The van der Waals surface area contributed by atoms with Crippen LogP contribution in [0, 0.1) is 0 Å². The molecule has 0 bridgehead atoms. The van der Waals surface area contributed by atoms with Gasteiger partial charge in [-0.2, -0.15) is 0 Å². The smallest absolute Gasteiger partial charge is 0.166 e. The van der Waals surface area contributed by atoms with E-state index < -0.39 is 0 Å². The Labute approximate surface area is 157 Å². The first-order valence-corrected chi connectivity index (χ1v) is 9.37. The van der Waals surface area contributed by atoms with Gasteiger partial charge in [0.25, 0.3) is 0 Å². The summed E-state index contributed by atoms with van der Waals surface area (Å²) in [7, 11) is 3.37. The molecule has 6 heteroatoms. The summed E-state index contributed by atoms with van der Waals surface area (Å²) in [6, 6.07) is 4.97. The van der Waals surface area contributed by atoms with Gasteiger partial charge in [-0.25, -0.2) is 0 Å². The fraction of sp³-hybridized carbons (Fsp3) is 0.632. The molecule has 1 aromatic carbocycles. The summed E-state index contributed by atoms with van der Waals surface area (Å²) in [4.78, 5) is 2.49. The quantitative estimate of drug-likeness (QED) is 0.756. The van der Waals surface area contributed by atoms with Gasteiger partial charge in [-0.15, -0.1) is 0 Å². The summed E-state index contributed by atoms with van der Waals surface area (Å²) in [5, 5.41) is 7.43. The number of hydrogen-bond acceptors (Lipinski definition) is 4. The summed E-state index contributed by atoms with van der Waals surface area (Å²) in [5.74, 6) is 1.57. The first-order valence-electron chi connectivity index (χ1n) is 8.97. The van der Waals surface area contributed by atoms with Crippen molar-refractivity contribution in [1.29, 1.82) is 0 Å². The van der Waals surface area contributed by atoms with Gasteiger partial charge in [0.15, 0.2) is 16.6 Å². The Morgan fingerprint density at radius 2 is 1.84 bits per heavy atom. The van der Waals surface area contributed by atoms with Crippen molar-refractivity contribution >= 4 is 17.3 Å². The molecule has 0 spiro atoms. The highest BCUT2D eigenvalue weighted by molar-refractivity contribution is 7.80. The normalized spacial score (nSPS) is 18.4. The molecule has 25 heavy (non-hydrogen) atoms. The highest BCUT2D eigenvalue weighted by Gasteiger charge is 2.32. The van der Waals surface area contributed by atoms with Crippen LogP contribution in [0.25, 0.3) is 0 Å². The molecular formula is C19H31N3O2S. The largest absolute Gasteiger partial charge is 0.493 e. The molecule has 0 aromatic heterocycles. The molecule has 2 unspecified atom stereocenters. The van der Waals surface area contributed by atoms with Gasteiger partial charge in [-0.3, -0.25) is 4.90 Å². The molecule has 1 aliphatic heterocycles. The maximum Gasteiger partial charge on any atom is 0.166 e. The van der Waals surface area contributed by atoms with E-state index in [4.69, 9.17) is 21.7 Å². The molecule has 0 fully saturated rings. The predicted molar refractivity (Wildman–Crippen MR) is 107 cm³/mol. The lowest BCUT2D eigenvalue weighted by Crippen LogP contribution is -2.50. The Kier molecular flexibility index (Phi) is 6.90. The Morgan fingerprint density at radius 3 is 2.40 bits per heavy atom. The van der Waals surface area contributed by atoms with E-state index in [0.29, 0.717) is 11.2 Å². The zero-order valence-corrected chi connectivity index (χ0v) is 17.0. The van der Waals surface area contributed by atoms with Crippen LogP contribution in [0.4, 0.5) is 0 Å². The van der Waals surface area contributed by atoms with Crippen molar-refractivity contribution in [2.24, 2.45) is 0 Å². The number of nitrogens with one attached hydrogen (secondary N) is 2.